The largest absolute Gasteiger partial charge is 0.457 e. The lowest BCUT2D eigenvalue weighted by atomic mass is 10.2. The number of hydrogen-bond acceptors (Lipinski definition) is 4. The summed E-state index contributed by atoms with van der Waals surface area (Å²) >= 11 is 0. The van der Waals surface area contributed by atoms with Gasteiger partial charge in [0.25, 0.3) is 0 Å². The number of rotatable bonds is 6. The van der Waals surface area contributed by atoms with Crippen molar-refractivity contribution in [1.29, 1.82) is 0 Å². The Kier molecular flexibility index (Phi) is 5.75. The molecule has 130 valence electrons. The third kappa shape index (κ3) is 5.03. The predicted octanol–water partition coefficient (Wildman–Crippen LogP) is 4.02. The average Bonchev–Trinajstić information content (AvgIpc) is 2.69. The van der Waals surface area contributed by atoms with E-state index in [0.717, 1.165) is 11.1 Å². The van der Waals surface area contributed by atoms with Crippen molar-refractivity contribution in [2.75, 3.05) is 5.32 Å². The third-order valence-electron chi connectivity index (χ3n) is 3.58. The minimum Gasteiger partial charge on any atom is -0.457 e. The van der Waals surface area contributed by atoms with Gasteiger partial charge >= 0.3 is 0 Å². The maximum Gasteiger partial charge on any atom is 0.248 e. The van der Waals surface area contributed by atoms with Crippen molar-refractivity contribution in [3.8, 4) is 11.5 Å². The lowest BCUT2D eigenvalue weighted by Gasteiger charge is -2.08. The molecule has 0 saturated heterocycles. The summed E-state index contributed by atoms with van der Waals surface area (Å²) in [6.07, 6.45) is 6.53. The topological polar surface area (TPSA) is 71.5 Å². The number of aromatic nitrogens is 1. The van der Waals surface area contributed by atoms with Crippen LogP contribution in [0.4, 0.5) is 5.69 Å². The number of nitrogens with zero attached hydrogens (tertiary/aromatic N) is 1. The summed E-state index contributed by atoms with van der Waals surface area (Å²) < 4.78 is 5.73. The minimum absolute atomic E-state index is 0.00387. The van der Waals surface area contributed by atoms with Crippen LogP contribution in [-0.4, -0.2) is 16.0 Å². The number of nitrogens with one attached hydrogen (secondary N) is 1. The zero-order valence-corrected chi connectivity index (χ0v) is 14.0. The summed E-state index contributed by atoms with van der Waals surface area (Å²) in [4.78, 5) is 15.9. The van der Waals surface area contributed by atoms with E-state index in [1.807, 2.05) is 12.1 Å². The number of amides is 1. The molecule has 0 aliphatic heterocycles. The summed E-state index contributed by atoms with van der Waals surface area (Å²) in [5.74, 6) is 1.12. The van der Waals surface area contributed by atoms with E-state index < -0.39 is 0 Å². The van der Waals surface area contributed by atoms with E-state index in [2.05, 4.69) is 10.3 Å². The normalized spacial score (nSPS) is 10.7. The Bertz CT molecular complexity index is 873. The molecule has 3 aromatic rings. The van der Waals surface area contributed by atoms with Gasteiger partial charge in [-0.2, -0.15) is 0 Å². The number of ether oxygens (including phenoxy) is 1. The standard InChI is InChI=1S/C21H18N2O3/c24-15-17-3-8-19(9-4-17)26-20-10-6-18(7-11-20)23-21(25)12-5-16-2-1-13-22-14-16/h1-14,24H,15H2,(H,23,25)/b12-5+. The molecule has 0 unspecified atom stereocenters. The van der Waals surface area contributed by atoms with Crippen LogP contribution in [0.1, 0.15) is 11.1 Å². The number of pyridine rings is 1. The molecule has 0 aliphatic carbocycles. The van der Waals surface area contributed by atoms with Crippen molar-refractivity contribution in [3.63, 3.8) is 0 Å². The van der Waals surface area contributed by atoms with Crippen LogP contribution in [0.5, 0.6) is 11.5 Å². The monoisotopic (exact) mass is 346 g/mol. The molecule has 0 bridgehead atoms. The first-order chi connectivity index (χ1) is 12.7. The van der Waals surface area contributed by atoms with Gasteiger partial charge in [-0.05, 0) is 59.7 Å². The summed E-state index contributed by atoms with van der Waals surface area (Å²) in [6.45, 7) is 0.00387. The molecular formula is C21H18N2O3. The van der Waals surface area contributed by atoms with Gasteiger partial charge in [0.15, 0.2) is 0 Å². The van der Waals surface area contributed by atoms with E-state index in [0.29, 0.717) is 17.2 Å². The van der Waals surface area contributed by atoms with Crippen LogP contribution < -0.4 is 10.1 Å². The van der Waals surface area contributed by atoms with Gasteiger partial charge in [-0.3, -0.25) is 9.78 Å². The molecule has 3 rings (SSSR count). The minimum atomic E-state index is -0.220. The summed E-state index contributed by atoms with van der Waals surface area (Å²) in [7, 11) is 0. The highest BCUT2D eigenvalue weighted by molar-refractivity contribution is 6.01. The van der Waals surface area contributed by atoms with Gasteiger partial charge < -0.3 is 15.2 Å². The maximum atomic E-state index is 12.0. The molecular weight excluding hydrogens is 328 g/mol. The Labute approximate surface area is 151 Å². The van der Waals surface area contributed by atoms with Crippen molar-refractivity contribution in [1.82, 2.24) is 4.98 Å². The molecule has 1 heterocycles. The third-order valence-corrected chi connectivity index (χ3v) is 3.58. The van der Waals surface area contributed by atoms with Crippen LogP contribution in [0.3, 0.4) is 0 Å². The average molecular weight is 346 g/mol. The molecule has 5 heteroatoms. The van der Waals surface area contributed by atoms with E-state index in [-0.39, 0.29) is 12.5 Å². The number of aliphatic hydroxyl groups is 1. The molecule has 0 spiro atoms. The van der Waals surface area contributed by atoms with Crippen molar-refractivity contribution in [3.05, 3.63) is 90.3 Å². The smallest absolute Gasteiger partial charge is 0.248 e. The second-order valence-electron chi connectivity index (χ2n) is 5.54. The highest BCUT2D eigenvalue weighted by Gasteiger charge is 2.01. The fourth-order valence-electron chi connectivity index (χ4n) is 2.24. The second-order valence-corrected chi connectivity index (χ2v) is 5.54. The fourth-order valence-corrected chi connectivity index (χ4v) is 2.24. The summed E-state index contributed by atoms with van der Waals surface area (Å²) in [5.41, 5.74) is 2.36. The number of benzene rings is 2. The maximum absolute atomic E-state index is 12.0. The van der Waals surface area contributed by atoms with Crippen LogP contribution >= 0.6 is 0 Å². The first-order valence-electron chi connectivity index (χ1n) is 8.10. The Morgan fingerprint density at radius 2 is 1.73 bits per heavy atom. The molecule has 0 atom stereocenters. The summed E-state index contributed by atoms with van der Waals surface area (Å²) in [6, 6.07) is 18.0. The van der Waals surface area contributed by atoms with Crippen LogP contribution in [0, 0.1) is 0 Å². The van der Waals surface area contributed by atoms with Gasteiger partial charge in [-0.15, -0.1) is 0 Å². The van der Waals surface area contributed by atoms with Gasteiger partial charge in [0.2, 0.25) is 5.91 Å². The number of carbonyl (C=O) groups is 1. The van der Waals surface area contributed by atoms with Gasteiger partial charge in [0.05, 0.1) is 6.61 Å². The highest BCUT2D eigenvalue weighted by atomic mass is 16.5. The first-order valence-corrected chi connectivity index (χ1v) is 8.10. The van der Waals surface area contributed by atoms with E-state index in [1.165, 1.54) is 6.08 Å². The van der Waals surface area contributed by atoms with Gasteiger partial charge in [-0.25, -0.2) is 0 Å². The summed E-state index contributed by atoms with van der Waals surface area (Å²) in [5, 5.41) is 11.8. The van der Waals surface area contributed by atoms with E-state index in [9.17, 15) is 4.79 Å². The van der Waals surface area contributed by atoms with Crippen molar-refractivity contribution < 1.29 is 14.6 Å². The predicted molar refractivity (Wildman–Crippen MR) is 101 cm³/mol. The lowest BCUT2D eigenvalue weighted by Crippen LogP contribution is -2.07. The first kappa shape index (κ1) is 17.4. The Morgan fingerprint density at radius 1 is 1.04 bits per heavy atom. The van der Waals surface area contributed by atoms with Crippen LogP contribution in [0.15, 0.2) is 79.1 Å². The Hall–Kier alpha value is -3.44. The number of anilines is 1. The van der Waals surface area contributed by atoms with Gasteiger partial charge in [0, 0.05) is 24.2 Å². The van der Waals surface area contributed by atoms with Crippen molar-refractivity contribution in [2.24, 2.45) is 0 Å². The molecule has 2 N–H and O–H groups in total. The number of carbonyl (C=O) groups excluding carboxylic acids is 1. The molecule has 26 heavy (non-hydrogen) atoms. The van der Waals surface area contributed by atoms with Crippen molar-refractivity contribution in [2.45, 2.75) is 6.61 Å². The number of aliphatic hydroxyl groups excluding tert-OH is 1. The van der Waals surface area contributed by atoms with Crippen LogP contribution in [0.2, 0.25) is 0 Å². The van der Waals surface area contributed by atoms with E-state index in [4.69, 9.17) is 9.84 Å². The zero-order valence-electron chi connectivity index (χ0n) is 14.0. The Balaban J connectivity index is 1.56. The zero-order chi connectivity index (χ0) is 18.2. The van der Waals surface area contributed by atoms with Gasteiger partial charge in [0.1, 0.15) is 11.5 Å². The molecule has 0 radical (unpaired) electrons. The van der Waals surface area contributed by atoms with E-state index >= 15 is 0 Å². The van der Waals surface area contributed by atoms with Gasteiger partial charge in [-0.1, -0.05) is 18.2 Å². The SMILES string of the molecule is O=C(/C=C/c1cccnc1)Nc1ccc(Oc2ccc(CO)cc2)cc1. The quantitative estimate of drug-likeness (QED) is 0.661. The van der Waals surface area contributed by atoms with E-state index in [1.54, 1.807) is 67.0 Å². The fraction of sp³-hybridized carbons (Fsp3) is 0.0476. The highest BCUT2D eigenvalue weighted by Crippen LogP contribution is 2.23. The second kappa shape index (κ2) is 8.60. The Morgan fingerprint density at radius 3 is 2.35 bits per heavy atom. The van der Waals surface area contributed by atoms with Crippen molar-refractivity contribution >= 4 is 17.7 Å². The molecule has 1 aromatic heterocycles. The molecule has 0 aliphatic rings. The lowest BCUT2D eigenvalue weighted by molar-refractivity contribution is -0.111. The molecule has 0 fully saturated rings. The molecule has 2 aromatic carbocycles. The molecule has 5 nitrogen and oxygen atoms in total. The molecule has 1 amide bonds. The molecule has 0 saturated carbocycles. The van der Waals surface area contributed by atoms with Crippen LogP contribution in [-0.2, 0) is 11.4 Å². The van der Waals surface area contributed by atoms with Crippen LogP contribution in [0.25, 0.3) is 6.08 Å². The number of hydrogen-bond donors (Lipinski definition) is 2.